The SMILES string of the molecule is OC1C(F)(F)CCCC1(F)Cl. The van der Waals surface area contributed by atoms with Crippen molar-refractivity contribution in [1.29, 1.82) is 0 Å². The van der Waals surface area contributed by atoms with Crippen molar-refractivity contribution in [3.8, 4) is 0 Å². The Morgan fingerprint density at radius 1 is 1.27 bits per heavy atom. The lowest BCUT2D eigenvalue weighted by Gasteiger charge is -2.35. The molecule has 1 aliphatic rings. The second kappa shape index (κ2) is 2.52. The van der Waals surface area contributed by atoms with Gasteiger partial charge in [0.1, 0.15) is 0 Å². The molecular formula is C6H8ClF3O. The van der Waals surface area contributed by atoms with Gasteiger partial charge in [-0.1, -0.05) is 11.6 Å². The zero-order valence-corrected chi connectivity index (χ0v) is 6.41. The van der Waals surface area contributed by atoms with Gasteiger partial charge in [-0.05, 0) is 12.8 Å². The van der Waals surface area contributed by atoms with Gasteiger partial charge < -0.3 is 5.11 Å². The van der Waals surface area contributed by atoms with Gasteiger partial charge >= 0.3 is 0 Å². The first-order valence-corrected chi connectivity index (χ1v) is 3.68. The van der Waals surface area contributed by atoms with Crippen LogP contribution in [0.2, 0.25) is 0 Å². The van der Waals surface area contributed by atoms with E-state index in [2.05, 4.69) is 0 Å². The van der Waals surface area contributed by atoms with Crippen molar-refractivity contribution in [2.24, 2.45) is 0 Å². The molecule has 5 heteroatoms. The average molecular weight is 189 g/mol. The summed E-state index contributed by atoms with van der Waals surface area (Å²) in [5.41, 5.74) is 0. The average Bonchev–Trinajstić information content (AvgIpc) is 1.82. The van der Waals surface area contributed by atoms with Crippen LogP contribution in [0.3, 0.4) is 0 Å². The van der Waals surface area contributed by atoms with Crippen LogP contribution in [0.5, 0.6) is 0 Å². The van der Waals surface area contributed by atoms with Crippen LogP contribution in [0.25, 0.3) is 0 Å². The van der Waals surface area contributed by atoms with Crippen molar-refractivity contribution in [2.45, 2.75) is 36.4 Å². The highest BCUT2D eigenvalue weighted by molar-refractivity contribution is 6.23. The van der Waals surface area contributed by atoms with E-state index in [1.807, 2.05) is 0 Å². The van der Waals surface area contributed by atoms with Crippen LogP contribution in [0.1, 0.15) is 19.3 Å². The molecule has 0 amide bonds. The number of halogens is 4. The number of rotatable bonds is 0. The molecule has 0 aliphatic heterocycles. The van der Waals surface area contributed by atoms with Gasteiger partial charge in [0, 0.05) is 6.42 Å². The number of hydrogen-bond donors (Lipinski definition) is 1. The van der Waals surface area contributed by atoms with Crippen molar-refractivity contribution in [1.82, 2.24) is 0 Å². The molecule has 0 saturated heterocycles. The van der Waals surface area contributed by atoms with Gasteiger partial charge in [-0.2, -0.15) is 0 Å². The highest BCUT2D eigenvalue weighted by atomic mass is 35.5. The van der Waals surface area contributed by atoms with Crippen LogP contribution in [0.15, 0.2) is 0 Å². The quantitative estimate of drug-likeness (QED) is 0.577. The van der Waals surface area contributed by atoms with Gasteiger partial charge in [0.25, 0.3) is 5.92 Å². The molecule has 1 aliphatic carbocycles. The summed E-state index contributed by atoms with van der Waals surface area (Å²) in [5.74, 6) is -3.38. The first kappa shape index (κ1) is 9.13. The summed E-state index contributed by atoms with van der Waals surface area (Å²) in [6.45, 7) is 0. The number of hydrogen-bond acceptors (Lipinski definition) is 1. The van der Waals surface area contributed by atoms with E-state index >= 15 is 0 Å². The molecule has 0 aromatic rings. The van der Waals surface area contributed by atoms with E-state index in [4.69, 9.17) is 16.7 Å². The molecule has 0 aromatic carbocycles. The molecular weight excluding hydrogens is 181 g/mol. The molecule has 0 spiro atoms. The van der Waals surface area contributed by atoms with Crippen LogP contribution >= 0.6 is 11.6 Å². The van der Waals surface area contributed by atoms with E-state index in [1.165, 1.54) is 0 Å². The van der Waals surface area contributed by atoms with E-state index in [1.54, 1.807) is 0 Å². The minimum absolute atomic E-state index is 0.00403. The van der Waals surface area contributed by atoms with Gasteiger partial charge in [-0.25, -0.2) is 13.2 Å². The van der Waals surface area contributed by atoms with E-state index in [9.17, 15) is 13.2 Å². The molecule has 0 aromatic heterocycles. The molecule has 0 heterocycles. The summed E-state index contributed by atoms with van der Waals surface area (Å²) in [5, 5.41) is 6.06. The number of aliphatic hydroxyl groups is 1. The lowest BCUT2D eigenvalue weighted by atomic mass is 9.92. The summed E-state index contributed by atoms with van der Waals surface area (Å²) in [6.07, 6.45) is -3.08. The number of aliphatic hydroxyl groups excluding tert-OH is 1. The molecule has 0 radical (unpaired) electrons. The van der Waals surface area contributed by atoms with Crippen LogP contribution < -0.4 is 0 Å². The summed E-state index contributed by atoms with van der Waals surface area (Å²) in [7, 11) is 0. The minimum Gasteiger partial charge on any atom is -0.382 e. The maximum atomic E-state index is 12.8. The molecule has 0 bridgehead atoms. The Kier molecular flexibility index (Phi) is 2.09. The fraction of sp³-hybridized carbons (Fsp3) is 1.00. The summed E-state index contributed by atoms with van der Waals surface area (Å²) in [6, 6.07) is 0. The normalized spacial score (nSPS) is 43.9. The smallest absolute Gasteiger partial charge is 0.277 e. The van der Waals surface area contributed by atoms with E-state index in [0.29, 0.717) is 0 Å². The molecule has 1 N–H and O–H groups in total. The molecule has 1 fully saturated rings. The van der Waals surface area contributed by atoms with Crippen LogP contribution in [-0.4, -0.2) is 22.3 Å². The molecule has 1 saturated carbocycles. The molecule has 2 unspecified atom stereocenters. The Balaban J connectivity index is 2.76. The third-order valence-electron chi connectivity index (χ3n) is 1.82. The highest BCUT2D eigenvalue weighted by Crippen LogP contribution is 2.43. The molecule has 1 nitrogen and oxygen atoms in total. The first-order chi connectivity index (χ1) is 4.86. The third kappa shape index (κ3) is 1.62. The van der Waals surface area contributed by atoms with E-state index < -0.39 is 23.6 Å². The minimum atomic E-state index is -3.38. The van der Waals surface area contributed by atoms with Gasteiger partial charge in [0.05, 0.1) is 0 Å². The Morgan fingerprint density at radius 3 is 2.18 bits per heavy atom. The molecule has 2 atom stereocenters. The maximum absolute atomic E-state index is 12.8. The Labute approximate surface area is 67.2 Å². The van der Waals surface area contributed by atoms with Crippen molar-refractivity contribution in [3.05, 3.63) is 0 Å². The monoisotopic (exact) mass is 188 g/mol. The topological polar surface area (TPSA) is 20.2 Å². The fourth-order valence-corrected chi connectivity index (χ4v) is 1.44. The van der Waals surface area contributed by atoms with Gasteiger partial charge in [-0.3, -0.25) is 0 Å². The first-order valence-electron chi connectivity index (χ1n) is 3.30. The lowest BCUT2D eigenvalue weighted by molar-refractivity contribution is -0.170. The zero-order valence-electron chi connectivity index (χ0n) is 5.66. The van der Waals surface area contributed by atoms with E-state index in [-0.39, 0.29) is 12.8 Å². The second-order valence-corrected chi connectivity index (χ2v) is 3.41. The highest BCUT2D eigenvalue weighted by Gasteiger charge is 2.54. The number of alkyl halides is 4. The predicted molar refractivity (Wildman–Crippen MR) is 34.5 cm³/mol. The molecule has 66 valence electrons. The fourth-order valence-electron chi connectivity index (χ4n) is 1.14. The molecule has 11 heavy (non-hydrogen) atoms. The Hall–Kier alpha value is 0.0400. The second-order valence-electron chi connectivity index (χ2n) is 2.78. The summed E-state index contributed by atoms with van der Waals surface area (Å²) in [4.78, 5) is 0. The van der Waals surface area contributed by atoms with Crippen molar-refractivity contribution >= 4 is 11.6 Å². The van der Waals surface area contributed by atoms with Crippen LogP contribution in [0.4, 0.5) is 13.2 Å². The molecule has 1 rings (SSSR count). The zero-order chi connectivity index (χ0) is 8.70. The lowest BCUT2D eigenvalue weighted by Crippen LogP contribution is -2.49. The van der Waals surface area contributed by atoms with Crippen molar-refractivity contribution in [2.75, 3.05) is 0 Å². The van der Waals surface area contributed by atoms with Crippen LogP contribution in [-0.2, 0) is 0 Å². The standard InChI is InChI=1S/C6H8ClF3O/c7-5(8)2-1-3-6(9,10)4(5)11/h4,11H,1-3H2. The van der Waals surface area contributed by atoms with Crippen molar-refractivity contribution < 1.29 is 18.3 Å². The van der Waals surface area contributed by atoms with Crippen LogP contribution in [0, 0.1) is 0 Å². The maximum Gasteiger partial charge on any atom is 0.277 e. The van der Waals surface area contributed by atoms with Crippen molar-refractivity contribution in [3.63, 3.8) is 0 Å². The predicted octanol–water partition coefficient (Wildman–Crippen LogP) is 2.07. The van der Waals surface area contributed by atoms with Gasteiger partial charge in [0.15, 0.2) is 6.10 Å². The largest absolute Gasteiger partial charge is 0.382 e. The summed E-state index contributed by atoms with van der Waals surface area (Å²) < 4.78 is 37.8. The van der Waals surface area contributed by atoms with Gasteiger partial charge in [0.2, 0.25) is 5.13 Å². The van der Waals surface area contributed by atoms with Gasteiger partial charge in [-0.15, -0.1) is 0 Å². The summed E-state index contributed by atoms with van der Waals surface area (Å²) >= 11 is 5.01. The third-order valence-corrected chi connectivity index (χ3v) is 2.22. The Morgan fingerprint density at radius 2 is 1.82 bits per heavy atom. The van der Waals surface area contributed by atoms with E-state index in [0.717, 1.165) is 0 Å². The Bertz CT molecular complexity index is 144.